The molecule has 2 N–H and O–H groups in total. The molecule has 0 bridgehead atoms. The Morgan fingerprint density at radius 1 is 1.33 bits per heavy atom. The molecule has 1 heterocycles. The van der Waals surface area contributed by atoms with Gasteiger partial charge in [-0.2, -0.15) is 5.10 Å². The van der Waals surface area contributed by atoms with Gasteiger partial charge in [-0.05, 0) is 25.5 Å². The standard InChI is InChI=1S/C13H16ClN3O/c1-7-5-9(14)12(8(2)13(7)18-4)10-6-11(15)17(3)16-10/h5-6H,15H2,1-4H3. The number of aromatic nitrogens is 2. The number of hydrogen-bond acceptors (Lipinski definition) is 3. The number of rotatable bonds is 2. The van der Waals surface area contributed by atoms with Gasteiger partial charge in [0.05, 0.1) is 17.8 Å². The SMILES string of the molecule is COc1c(C)cc(Cl)c(-c2cc(N)n(C)n2)c1C. The molecule has 0 atom stereocenters. The molecule has 0 aliphatic rings. The Hall–Kier alpha value is -1.68. The van der Waals surface area contributed by atoms with Gasteiger partial charge >= 0.3 is 0 Å². The second-order valence-corrected chi connectivity index (χ2v) is 4.69. The molecule has 1 aromatic carbocycles. The number of nitrogen functional groups attached to an aromatic ring is 1. The molecule has 4 nitrogen and oxygen atoms in total. The summed E-state index contributed by atoms with van der Waals surface area (Å²) in [7, 11) is 3.45. The zero-order valence-corrected chi connectivity index (χ0v) is 11.7. The lowest BCUT2D eigenvalue weighted by Gasteiger charge is -2.13. The van der Waals surface area contributed by atoms with E-state index in [-0.39, 0.29) is 0 Å². The minimum atomic E-state index is 0.597. The molecule has 5 heteroatoms. The number of benzene rings is 1. The van der Waals surface area contributed by atoms with Crippen LogP contribution in [0, 0.1) is 13.8 Å². The lowest BCUT2D eigenvalue weighted by Crippen LogP contribution is -1.97. The van der Waals surface area contributed by atoms with E-state index in [4.69, 9.17) is 22.1 Å². The molecule has 2 aromatic rings. The zero-order chi connectivity index (χ0) is 13.4. The number of nitrogens with zero attached hydrogens (tertiary/aromatic N) is 2. The Kier molecular flexibility index (Phi) is 3.22. The minimum absolute atomic E-state index is 0.597. The maximum atomic E-state index is 6.31. The average molecular weight is 266 g/mol. The Morgan fingerprint density at radius 3 is 2.50 bits per heavy atom. The van der Waals surface area contributed by atoms with Gasteiger partial charge < -0.3 is 10.5 Å². The van der Waals surface area contributed by atoms with Crippen LogP contribution in [-0.2, 0) is 7.05 Å². The van der Waals surface area contributed by atoms with Crippen LogP contribution in [0.1, 0.15) is 11.1 Å². The number of nitrogens with two attached hydrogens (primary N) is 1. The number of halogens is 1. The molecule has 0 amide bonds. The van der Waals surface area contributed by atoms with Crippen LogP contribution in [0.15, 0.2) is 12.1 Å². The topological polar surface area (TPSA) is 53.1 Å². The fourth-order valence-electron chi connectivity index (χ4n) is 2.15. The molecule has 0 aliphatic carbocycles. The van der Waals surface area contributed by atoms with Crippen LogP contribution in [0.3, 0.4) is 0 Å². The van der Waals surface area contributed by atoms with E-state index in [1.165, 1.54) is 0 Å². The lowest BCUT2D eigenvalue weighted by atomic mass is 10.0. The van der Waals surface area contributed by atoms with Gasteiger partial charge in [-0.1, -0.05) is 11.6 Å². The molecule has 0 radical (unpaired) electrons. The summed E-state index contributed by atoms with van der Waals surface area (Å²) in [5.41, 5.74) is 9.41. The molecule has 18 heavy (non-hydrogen) atoms. The van der Waals surface area contributed by atoms with Crippen LogP contribution in [0.5, 0.6) is 5.75 Å². The zero-order valence-electron chi connectivity index (χ0n) is 10.9. The third-order valence-corrected chi connectivity index (χ3v) is 3.33. The van der Waals surface area contributed by atoms with Gasteiger partial charge in [0, 0.05) is 24.2 Å². The first kappa shape index (κ1) is 12.8. The molecular formula is C13H16ClN3O. The van der Waals surface area contributed by atoms with Gasteiger partial charge in [0.15, 0.2) is 0 Å². The van der Waals surface area contributed by atoms with Crippen LogP contribution >= 0.6 is 11.6 Å². The van der Waals surface area contributed by atoms with Gasteiger partial charge in [0.1, 0.15) is 11.6 Å². The smallest absolute Gasteiger partial charge is 0.125 e. The minimum Gasteiger partial charge on any atom is -0.496 e. The Bertz CT molecular complexity index is 585. The normalized spacial score (nSPS) is 10.7. The highest BCUT2D eigenvalue weighted by Gasteiger charge is 2.17. The first-order valence-corrected chi connectivity index (χ1v) is 5.97. The van der Waals surface area contributed by atoms with Crippen LogP contribution in [0.2, 0.25) is 5.02 Å². The number of ether oxygens (including phenoxy) is 1. The number of methoxy groups -OCH3 is 1. The highest BCUT2D eigenvalue weighted by Crippen LogP contribution is 2.38. The van der Waals surface area contributed by atoms with Gasteiger partial charge in [0.2, 0.25) is 0 Å². The van der Waals surface area contributed by atoms with Crippen molar-refractivity contribution in [3.63, 3.8) is 0 Å². The van der Waals surface area contributed by atoms with E-state index in [2.05, 4.69) is 5.10 Å². The molecule has 2 rings (SSSR count). The average Bonchev–Trinajstić information content (AvgIpc) is 2.58. The lowest BCUT2D eigenvalue weighted by molar-refractivity contribution is 0.409. The van der Waals surface area contributed by atoms with Crippen molar-refractivity contribution in [3.8, 4) is 17.0 Å². The van der Waals surface area contributed by atoms with Crippen molar-refractivity contribution in [2.75, 3.05) is 12.8 Å². The maximum absolute atomic E-state index is 6.31. The number of hydrogen-bond donors (Lipinski definition) is 1. The summed E-state index contributed by atoms with van der Waals surface area (Å²) in [5, 5.41) is 5.02. The molecule has 0 aliphatic heterocycles. The second-order valence-electron chi connectivity index (χ2n) is 4.29. The molecule has 1 aromatic heterocycles. The number of aryl methyl sites for hydroxylation is 2. The molecule has 0 saturated carbocycles. The summed E-state index contributed by atoms with van der Waals surface area (Å²) < 4.78 is 7.03. The van der Waals surface area contributed by atoms with Crippen LogP contribution < -0.4 is 10.5 Å². The maximum Gasteiger partial charge on any atom is 0.125 e. The highest BCUT2D eigenvalue weighted by atomic mass is 35.5. The predicted molar refractivity (Wildman–Crippen MR) is 74.1 cm³/mol. The quantitative estimate of drug-likeness (QED) is 0.908. The van der Waals surface area contributed by atoms with E-state index < -0.39 is 0 Å². The molecular weight excluding hydrogens is 250 g/mol. The fraction of sp³-hybridized carbons (Fsp3) is 0.308. The summed E-state index contributed by atoms with van der Waals surface area (Å²) in [6, 6.07) is 3.69. The second kappa shape index (κ2) is 4.53. The van der Waals surface area contributed by atoms with Crippen molar-refractivity contribution in [2.24, 2.45) is 7.05 Å². The van der Waals surface area contributed by atoms with Crippen molar-refractivity contribution >= 4 is 17.4 Å². The van der Waals surface area contributed by atoms with E-state index in [9.17, 15) is 0 Å². The van der Waals surface area contributed by atoms with E-state index in [0.717, 1.165) is 28.1 Å². The molecule has 0 unspecified atom stereocenters. The van der Waals surface area contributed by atoms with Gasteiger partial charge in [-0.25, -0.2) is 0 Å². The van der Waals surface area contributed by atoms with Crippen LogP contribution in [-0.4, -0.2) is 16.9 Å². The van der Waals surface area contributed by atoms with Gasteiger partial charge in [-0.15, -0.1) is 0 Å². The third-order valence-electron chi connectivity index (χ3n) is 3.03. The summed E-state index contributed by atoms with van der Waals surface area (Å²) in [5.74, 6) is 1.43. The Morgan fingerprint density at radius 2 is 2.00 bits per heavy atom. The fourth-order valence-corrected chi connectivity index (χ4v) is 2.55. The van der Waals surface area contributed by atoms with Crippen molar-refractivity contribution in [3.05, 3.63) is 28.3 Å². The van der Waals surface area contributed by atoms with Crippen molar-refractivity contribution in [2.45, 2.75) is 13.8 Å². The largest absolute Gasteiger partial charge is 0.496 e. The summed E-state index contributed by atoms with van der Waals surface area (Å²) >= 11 is 6.31. The summed E-state index contributed by atoms with van der Waals surface area (Å²) in [6.07, 6.45) is 0. The predicted octanol–water partition coefficient (Wildman–Crippen LogP) is 2.95. The highest BCUT2D eigenvalue weighted by molar-refractivity contribution is 6.33. The molecule has 96 valence electrons. The molecule has 0 saturated heterocycles. The van der Waals surface area contributed by atoms with Crippen molar-refractivity contribution < 1.29 is 4.74 Å². The molecule has 0 fully saturated rings. The van der Waals surface area contributed by atoms with Crippen LogP contribution in [0.25, 0.3) is 11.3 Å². The molecule has 0 spiro atoms. The van der Waals surface area contributed by atoms with E-state index >= 15 is 0 Å². The Labute approximate surface area is 111 Å². The first-order valence-electron chi connectivity index (χ1n) is 5.59. The summed E-state index contributed by atoms with van der Waals surface area (Å²) in [6.45, 7) is 3.94. The Balaban J connectivity index is 2.71. The van der Waals surface area contributed by atoms with Crippen LogP contribution in [0.4, 0.5) is 5.82 Å². The van der Waals surface area contributed by atoms with E-state index in [0.29, 0.717) is 10.8 Å². The van der Waals surface area contributed by atoms with Gasteiger partial charge in [0.25, 0.3) is 0 Å². The number of anilines is 1. The van der Waals surface area contributed by atoms with Crippen molar-refractivity contribution in [1.29, 1.82) is 0 Å². The third kappa shape index (κ3) is 1.93. The first-order chi connectivity index (χ1) is 8.45. The van der Waals surface area contributed by atoms with Crippen molar-refractivity contribution in [1.82, 2.24) is 9.78 Å². The summed E-state index contributed by atoms with van der Waals surface area (Å²) in [4.78, 5) is 0. The van der Waals surface area contributed by atoms with Gasteiger partial charge in [-0.3, -0.25) is 4.68 Å². The monoisotopic (exact) mass is 265 g/mol. The van der Waals surface area contributed by atoms with E-state index in [1.54, 1.807) is 18.8 Å². The van der Waals surface area contributed by atoms with E-state index in [1.807, 2.05) is 26.0 Å².